The zero-order chi connectivity index (χ0) is 22.7. The van der Waals surface area contributed by atoms with Crippen LogP contribution in [0.3, 0.4) is 0 Å². The maximum Gasteiger partial charge on any atom is 2.00 e. The SMILES string of the molecule is [Pt+2].[c-]1cc2ccccc2cc1-c1cccc(N(c2ccccc2)c2cccc(-n3[c-]ccc3)n2)n1. The van der Waals surface area contributed by atoms with E-state index in [9.17, 15) is 0 Å². The Morgan fingerprint density at radius 2 is 1.43 bits per heavy atom. The third-order valence-corrected chi connectivity index (χ3v) is 5.67. The molecule has 0 amide bonds. The monoisotopic (exact) mass is 631 g/mol. The van der Waals surface area contributed by atoms with Gasteiger partial charge in [-0.2, -0.15) is 6.07 Å². The molecule has 0 aliphatic rings. The smallest absolute Gasteiger partial charge is 0.436 e. The molecule has 0 spiro atoms. The van der Waals surface area contributed by atoms with Crippen LogP contribution in [0.15, 0.2) is 121 Å². The number of fused-ring (bicyclic) bond motifs is 1. The summed E-state index contributed by atoms with van der Waals surface area (Å²) in [6.45, 7) is 0. The van der Waals surface area contributed by atoms with Gasteiger partial charge in [-0.1, -0.05) is 78.3 Å². The molecular weight excluding hydrogens is 611 g/mol. The third-order valence-electron chi connectivity index (χ3n) is 5.67. The van der Waals surface area contributed by atoms with Gasteiger partial charge in [0.05, 0.1) is 5.82 Å². The zero-order valence-electron chi connectivity index (χ0n) is 18.7. The molecule has 6 rings (SSSR count). The van der Waals surface area contributed by atoms with Gasteiger partial charge in [-0.25, -0.2) is 0 Å². The van der Waals surface area contributed by atoms with Crippen molar-refractivity contribution in [3.8, 4) is 17.1 Å². The minimum Gasteiger partial charge on any atom is -0.436 e. The van der Waals surface area contributed by atoms with Gasteiger partial charge in [0.2, 0.25) is 0 Å². The third kappa shape index (κ3) is 4.66. The topological polar surface area (TPSA) is 34.0 Å². The Hall–Kier alpha value is -4.01. The molecule has 0 fully saturated rings. The second kappa shape index (κ2) is 10.1. The van der Waals surface area contributed by atoms with Crippen LogP contribution in [0.1, 0.15) is 0 Å². The van der Waals surface area contributed by atoms with Gasteiger partial charge in [0, 0.05) is 5.69 Å². The van der Waals surface area contributed by atoms with Crippen molar-refractivity contribution in [1.82, 2.24) is 14.5 Å². The van der Waals surface area contributed by atoms with Crippen LogP contribution in [-0.4, -0.2) is 14.5 Å². The summed E-state index contributed by atoms with van der Waals surface area (Å²) in [6.07, 6.45) is 5.10. The van der Waals surface area contributed by atoms with Crippen LogP contribution in [-0.2, 0) is 21.1 Å². The maximum absolute atomic E-state index is 5.04. The Morgan fingerprint density at radius 3 is 2.23 bits per heavy atom. The minimum absolute atomic E-state index is 0. The molecule has 0 saturated heterocycles. The van der Waals surface area contributed by atoms with Crippen LogP contribution in [0.4, 0.5) is 17.3 Å². The molecule has 3 heterocycles. The van der Waals surface area contributed by atoms with Crippen LogP contribution >= 0.6 is 0 Å². The van der Waals surface area contributed by atoms with Gasteiger partial charge in [-0.3, -0.25) is 14.9 Å². The molecule has 5 heteroatoms. The van der Waals surface area contributed by atoms with Gasteiger partial charge in [0.15, 0.2) is 0 Å². The number of benzene rings is 3. The Morgan fingerprint density at radius 1 is 0.686 bits per heavy atom. The van der Waals surface area contributed by atoms with Crippen molar-refractivity contribution >= 4 is 28.1 Å². The average Bonchev–Trinajstić information content (AvgIpc) is 3.45. The minimum atomic E-state index is 0. The van der Waals surface area contributed by atoms with E-state index in [0.717, 1.165) is 39.8 Å². The van der Waals surface area contributed by atoms with Crippen LogP contribution in [0, 0.1) is 12.3 Å². The van der Waals surface area contributed by atoms with Crippen LogP contribution in [0.5, 0.6) is 0 Å². The fourth-order valence-electron chi connectivity index (χ4n) is 4.04. The molecule has 6 aromatic rings. The fourth-order valence-corrected chi connectivity index (χ4v) is 4.04. The molecule has 0 aliphatic carbocycles. The van der Waals surface area contributed by atoms with Crippen LogP contribution in [0.25, 0.3) is 27.8 Å². The summed E-state index contributed by atoms with van der Waals surface area (Å²) in [5.41, 5.74) is 2.80. The molecule has 0 aliphatic heterocycles. The van der Waals surface area contributed by atoms with Crippen molar-refractivity contribution in [2.75, 3.05) is 4.90 Å². The summed E-state index contributed by atoms with van der Waals surface area (Å²) >= 11 is 0. The molecule has 35 heavy (non-hydrogen) atoms. The average molecular weight is 632 g/mol. The van der Waals surface area contributed by atoms with Crippen molar-refractivity contribution in [3.05, 3.63) is 134 Å². The van der Waals surface area contributed by atoms with E-state index in [1.165, 1.54) is 5.39 Å². The molecule has 170 valence electrons. The normalized spacial score (nSPS) is 10.6. The predicted molar refractivity (Wildman–Crippen MR) is 137 cm³/mol. The van der Waals surface area contributed by atoms with Crippen molar-refractivity contribution in [3.63, 3.8) is 0 Å². The molecule has 3 aromatic carbocycles. The number of anilines is 3. The first-order valence-electron chi connectivity index (χ1n) is 11.1. The number of hydrogen-bond donors (Lipinski definition) is 0. The van der Waals surface area contributed by atoms with Gasteiger partial charge in [-0.05, 0) is 30.0 Å². The Kier molecular flexibility index (Phi) is 6.56. The van der Waals surface area contributed by atoms with E-state index in [1.54, 1.807) is 0 Å². The molecule has 3 aromatic heterocycles. The van der Waals surface area contributed by atoms with E-state index in [4.69, 9.17) is 9.97 Å². The first-order chi connectivity index (χ1) is 16.8. The Balaban J connectivity index is 0.00000253. The van der Waals surface area contributed by atoms with Crippen molar-refractivity contribution < 1.29 is 21.1 Å². The number of pyridine rings is 2. The van der Waals surface area contributed by atoms with Crippen LogP contribution in [0.2, 0.25) is 0 Å². The van der Waals surface area contributed by atoms with Crippen molar-refractivity contribution in [2.24, 2.45) is 0 Å². The second-order valence-corrected chi connectivity index (χ2v) is 7.89. The first-order valence-corrected chi connectivity index (χ1v) is 11.1. The number of hydrogen-bond acceptors (Lipinski definition) is 3. The predicted octanol–water partition coefficient (Wildman–Crippen LogP) is 7.16. The van der Waals surface area contributed by atoms with E-state index in [2.05, 4.69) is 47.5 Å². The molecule has 0 atom stereocenters. The summed E-state index contributed by atoms with van der Waals surface area (Å²) in [7, 11) is 0. The van der Waals surface area contributed by atoms with Crippen molar-refractivity contribution in [1.29, 1.82) is 0 Å². The number of para-hydroxylation sites is 1. The summed E-state index contributed by atoms with van der Waals surface area (Å²) in [5.74, 6) is 2.35. The number of nitrogens with zero attached hydrogens (tertiary/aromatic N) is 4. The van der Waals surface area contributed by atoms with E-state index in [1.807, 2.05) is 95.7 Å². The van der Waals surface area contributed by atoms with Gasteiger partial charge < -0.3 is 4.57 Å². The number of aromatic nitrogens is 3. The van der Waals surface area contributed by atoms with Crippen molar-refractivity contribution in [2.45, 2.75) is 0 Å². The summed E-state index contributed by atoms with van der Waals surface area (Å²) < 4.78 is 1.88. The molecule has 0 radical (unpaired) electrons. The van der Waals surface area contributed by atoms with Gasteiger partial charge in [0.25, 0.3) is 0 Å². The summed E-state index contributed by atoms with van der Waals surface area (Å²) in [5, 5.41) is 2.33. The summed E-state index contributed by atoms with van der Waals surface area (Å²) in [6, 6.07) is 41.9. The second-order valence-electron chi connectivity index (χ2n) is 7.89. The van der Waals surface area contributed by atoms with E-state index in [-0.39, 0.29) is 21.1 Å². The Bertz CT molecular complexity index is 1560. The van der Waals surface area contributed by atoms with E-state index in [0.29, 0.717) is 0 Å². The molecular formula is C30H20N4Pt. The molecule has 0 saturated carbocycles. The number of rotatable bonds is 5. The zero-order valence-corrected chi connectivity index (χ0v) is 20.9. The molecule has 0 N–H and O–H groups in total. The maximum atomic E-state index is 5.04. The molecule has 0 unspecified atom stereocenters. The first kappa shape index (κ1) is 22.8. The van der Waals surface area contributed by atoms with E-state index < -0.39 is 0 Å². The summed E-state index contributed by atoms with van der Waals surface area (Å²) in [4.78, 5) is 12.0. The fraction of sp³-hybridized carbons (Fsp3) is 0. The Labute approximate surface area is 218 Å². The van der Waals surface area contributed by atoms with Gasteiger partial charge in [-0.15, -0.1) is 41.4 Å². The molecule has 0 bridgehead atoms. The quantitative estimate of drug-likeness (QED) is 0.190. The largest absolute Gasteiger partial charge is 2.00 e. The standard InChI is InChI=1S/C30H20N4.Pt/c1-2-12-26(13-3-1)34(30-17-9-15-28(32-30)33-20-6-7-21-33)29-16-8-14-27(31-29)25-19-18-23-10-4-5-11-24(23)22-25;/h1-18,20,22H;/q-2;+2. The van der Waals surface area contributed by atoms with E-state index >= 15 is 0 Å². The van der Waals surface area contributed by atoms with Crippen LogP contribution < -0.4 is 4.90 Å². The van der Waals surface area contributed by atoms with Gasteiger partial charge >= 0.3 is 21.1 Å². The molecule has 4 nitrogen and oxygen atoms in total. The van der Waals surface area contributed by atoms with Gasteiger partial charge in [0.1, 0.15) is 11.6 Å².